The molecular formula is C14H17NO3S. The number of aromatic nitrogens is 1. The van der Waals surface area contributed by atoms with Gasteiger partial charge in [0.2, 0.25) is 0 Å². The minimum Gasteiger partial charge on any atom is -0.466 e. The summed E-state index contributed by atoms with van der Waals surface area (Å²) >= 11 is 1.50. The zero-order chi connectivity index (χ0) is 13.7. The number of benzene rings is 1. The number of rotatable bonds is 6. The fourth-order valence-corrected chi connectivity index (χ4v) is 2.66. The van der Waals surface area contributed by atoms with Gasteiger partial charge in [-0.15, -0.1) is 11.8 Å². The van der Waals surface area contributed by atoms with E-state index >= 15 is 0 Å². The van der Waals surface area contributed by atoms with Crippen molar-refractivity contribution in [1.82, 2.24) is 4.98 Å². The van der Waals surface area contributed by atoms with E-state index in [9.17, 15) is 9.90 Å². The molecule has 19 heavy (non-hydrogen) atoms. The first-order valence-corrected chi connectivity index (χ1v) is 7.22. The number of thioether (sulfide) groups is 1. The van der Waals surface area contributed by atoms with Crippen LogP contribution in [0.4, 0.5) is 0 Å². The lowest BCUT2D eigenvalue weighted by Crippen LogP contribution is -2.17. The third kappa shape index (κ3) is 4.01. The molecule has 5 heteroatoms. The lowest BCUT2D eigenvalue weighted by atomic mass is 10.3. The SMILES string of the molecule is CCOC(=O)CC(O)CSc1cc2ccccc2[nH]1. The number of para-hydroxylation sites is 1. The number of H-pyrrole nitrogens is 1. The lowest BCUT2D eigenvalue weighted by molar-refractivity contribution is -0.144. The van der Waals surface area contributed by atoms with Gasteiger partial charge in [-0.25, -0.2) is 0 Å². The second-order valence-corrected chi connectivity index (χ2v) is 5.26. The number of ether oxygens (including phenoxy) is 1. The Balaban J connectivity index is 1.86. The van der Waals surface area contributed by atoms with Crippen LogP contribution in [0.3, 0.4) is 0 Å². The Hall–Kier alpha value is -1.46. The fourth-order valence-electron chi connectivity index (χ4n) is 1.78. The lowest BCUT2D eigenvalue weighted by Gasteiger charge is -2.08. The summed E-state index contributed by atoms with van der Waals surface area (Å²) < 4.78 is 4.80. The van der Waals surface area contributed by atoms with E-state index in [1.807, 2.05) is 30.3 Å². The van der Waals surface area contributed by atoms with Crippen molar-refractivity contribution in [2.75, 3.05) is 12.4 Å². The largest absolute Gasteiger partial charge is 0.466 e. The van der Waals surface area contributed by atoms with E-state index in [4.69, 9.17) is 4.74 Å². The average Bonchev–Trinajstić information content (AvgIpc) is 2.79. The van der Waals surface area contributed by atoms with E-state index in [2.05, 4.69) is 4.98 Å². The normalized spacial score (nSPS) is 12.5. The number of hydrogen-bond donors (Lipinski definition) is 2. The first-order valence-electron chi connectivity index (χ1n) is 6.23. The highest BCUT2D eigenvalue weighted by molar-refractivity contribution is 7.99. The molecule has 1 aromatic carbocycles. The van der Waals surface area contributed by atoms with Crippen LogP contribution in [0.15, 0.2) is 35.4 Å². The minimum absolute atomic E-state index is 0.0427. The first-order chi connectivity index (χ1) is 9.19. The summed E-state index contributed by atoms with van der Waals surface area (Å²) in [5, 5.41) is 11.9. The van der Waals surface area contributed by atoms with Crippen LogP contribution in [0.25, 0.3) is 10.9 Å². The van der Waals surface area contributed by atoms with Crippen molar-refractivity contribution in [2.45, 2.75) is 24.5 Å². The summed E-state index contributed by atoms with van der Waals surface area (Å²) in [6, 6.07) is 10.0. The van der Waals surface area contributed by atoms with Crippen molar-refractivity contribution in [3.05, 3.63) is 30.3 Å². The zero-order valence-corrected chi connectivity index (χ0v) is 11.6. The van der Waals surface area contributed by atoms with Gasteiger partial charge in [0.25, 0.3) is 0 Å². The first kappa shape index (κ1) is 14.0. The van der Waals surface area contributed by atoms with Gasteiger partial charge < -0.3 is 14.8 Å². The van der Waals surface area contributed by atoms with Crippen molar-refractivity contribution >= 4 is 28.6 Å². The van der Waals surface area contributed by atoms with E-state index in [1.165, 1.54) is 11.8 Å². The van der Waals surface area contributed by atoms with Crippen molar-refractivity contribution in [1.29, 1.82) is 0 Å². The number of nitrogens with one attached hydrogen (secondary N) is 1. The second-order valence-electron chi connectivity index (χ2n) is 4.19. The van der Waals surface area contributed by atoms with Crippen molar-refractivity contribution in [3.8, 4) is 0 Å². The monoisotopic (exact) mass is 279 g/mol. The van der Waals surface area contributed by atoms with Gasteiger partial charge in [-0.1, -0.05) is 18.2 Å². The van der Waals surface area contributed by atoms with Gasteiger partial charge in [-0.3, -0.25) is 4.79 Å². The summed E-state index contributed by atoms with van der Waals surface area (Å²) in [6.07, 6.45) is -0.642. The molecule has 0 aliphatic heterocycles. The molecule has 0 spiro atoms. The summed E-state index contributed by atoms with van der Waals surface area (Å²) in [5.41, 5.74) is 1.07. The van der Waals surface area contributed by atoms with Gasteiger partial charge >= 0.3 is 5.97 Å². The number of aromatic amines is 1. The van der Waals surface area contributed by atoms with Gasteiger partial charge in [0.05, 0.1) is 24.2 Å². The Labute approximate surface area is 116 Å². The second kappa shape index (κ2) is 6.63. The van der Waals surface area contributed by atoms with Gasteiger partial charge in [0.15, 0.2) is 0 Å². The molecule has 1 aromatic heterocycles. The number of fused-ring (bicyclic) bond motifs is 1. The van der Waals surface area contributed by atoms with Crippen LogP contribution >= 0.6 is 11.8 Å². The molecule has 2 rings (SSSR count). The van der Waals surface area contributed by atoms with Gasteiger partial charge in [-0.2, -0.15) is 0 Å². The van der Waals surface area contributed by atoms with Crippen molar-refractivity contribution < 1.29 is 14.6 Å². The fraction of sp³-hybridized carbons (Fsp3) is 0.357. The van der Waals surface area contributed by atoms with Crippen LogP contribution in [0.1, 0.15) is 13.3 Å². The topological polar surface area (TPSA) is 62.3 Å². The van der Waals surface area contributed by atoms with E-state index in [1.54, 1.807) is 6.92 Å². The van der Waals surface area contributed by atoms with Gasteiger partial charge in [0.1, 0.15) is 0 Å². The molecule has 0 fully saturated rings. The predicted octanol–water partition coefficient (Wildman–Crippen LogP) is 2.57. The third-order valence-corrected chi connectivity index (χ3v) is 3.73. The summed E-state index contributed by atoms with van der Waals surface area (Å²) in [5.74, 6) is 0.110. The molecule has 0 bridgehead atoms. The van der Waals surface area contributed by atoms with E-state index in [-0.39, 0.29) is 12.4 Å². The Kier molecular flexibility index (Phi) is 4.87. The molecule has 2 aromatic rings. The highest BCUT2D eigenvalue weighted by Gasteiger charge is 2.12. The van der Waals surface area contributed by atoms with E-state index < -0.39 is 6.10 Å². The maximum Gasteiger partial charge on any atom is 0.308 e. The number of hydrogen-bond acceptors (Lipinski definition) is 4. The molecule has 0 amide bonds. The van der Waals surface area contributed by atoms with Crippen LogP contribution < -0.4 is 0 Å². The highest BCUT2D eigenvalue weighted by atomic mass is 32.2. The smallest absolute Gasteiger partial charge is 0.308 e. The molecule has 4 nitrogen and oxygen atoms in total. The summed E-state index contributed by atoms with van der Waals surface area (Å²) in [7, 11) is 0. The molecule has 1 heterocycles. The maximum absolute atomic E-state index is 11.2. The molecule has 1 unspecified atom stereocenters. The number of aliphatic hydroxyl groups excluding tert-OH is 1. The molecule has 0 aliphatic carbocycles. The molecule has 1 atom stereocenters. The Bertz CT molecular complexity index is 519. The Morgan fingerprint density at radius 3 is 3.00 bits per heavy atom. The average molecular weight is 279 g/mol. The number of carbonyl (C=O) groups excluding carboxylic acids is 1. The summed E-state index contributed by atoms with van der Waals surface area (Å²) in [6.45, 7) is 2.10. The van der Waals surface area contributed by atoms with Crippen LogP contribution in [-0.4, -0.2) is 34.5 Å². The van der Waals surface area contributed by atoms with E-state index in [0.717, 1.165) is 15.9 Å². The van der Waals surface area contributed by atoms with Crippen LogP contribution in [0.5, 0.6) is 0 Å². The quantitative estimate of drug-likeness (QED) is 0.630. The zero-order valence-electron chi connectivity index (χ0n) is 10.8. The van der Waals surface area contributed by atoms with E-state index in [0.29, 0.717) is 12.4 Å². The molecule has 0 saturated heterocycles. The predicted molar refractivity (Wildman–Crippen MR) is 76.3 cm³/mol. The molecule has 2 N–H and O–H groups in total. The summed E-state index contributed by atoms with van der Waals surface area (Å²) in [4.78, 5) is 14.5. The molecule has 0 aliphatic rings. The number of carbonyl (C=O) groups is 1. The minimum atomic E-state index is -0.685. The maximum atomic E-state index is 11.2. The Morgan fingerprint density at radius 2 is 2.26 bits per heavy atom. The third-order valence-electron chi connectivity index (χ3n) is 2.64. The van der Waals surface area contributed by atoms with Crippen molar-refractivity contribution in [2.24, 2.45) is 0 Å². The number of esters is 1. The number of aliphatic hydroxyl groups is 1. The van der Waals surface area contributed by atoms with Crippen molar-refractivity contribution in [3.63, 3.8) is 0 Å². The molecule has 0 saturated carbocycles. The highest BCUT2D eigenvalue weighted by Crippen LogP contribution is 2.24. The molecule has 102 valence electrons. The van der Waals surface area contributed by atoms with Crippen LogP contribution in [0, 0.1) is 0 Å². The van der Waals surface area contributed by atoms with Crippen LogP contribution in [0.2, 0.25) is 0 Å². The van der Waals surface area contributed by atoms with Crippen LogP contribution in [-0.2, 0) is 9.53 Å². The standard InChI is InChI=1S/C14H17NO3S/c1-2-18-14(17)8-11(16)9-19-13-7-10-5-3-4-6-12(10)15-13/h3-7,11,15-16H,2,8-9H2,1H3. The molecular weight excluding hydrogens is 262 g/mol. The van der Waals surface area contributed by atoms with Gasteiger partial charge in [0, 0.05) is 16.7 Å². The van der Waals surface area contributed by atoms with Gasteiger partial charge in [-0.05, 0) is 19.1 Å². The molecule has 0 radical (unpaired) electrons. The Morgan fingerprint density at radius 1 is 1.47 bits per heavy atom.